The predicted octanol–water partition coefficient (Wildman–Crippen LogP) is 3.24. The molecule has 21 heavy (non-hydrogen) atoms. The molecule has 2 rings (SSSR count). The number of carbonyl (C=O) groups is 1. The van der Waals surface area contributed by atoms with Gasteiger partial charge in [0, 0.05) is 11.5 Å². The Kier molecular flexibility index (Phi) is 4.52. The normalized spacial score (nSPS) is 11.5. The van der Waals surface area contributed by atoms with Crippen molar-refractivity contribution in [3.05, 3.63) is 35.8 Å². The summed E-state index contributed by atoms with van der Waals surface area (Å²) in [5, 5.41) is 0.655. The molecule has 0 unspecified atom stereocenters. The summed E-state index contributed by atoms with van der Waals surface area (Å²) in [6.07, 6.45) is 1.90. The van der Waals surface area contributed by atoms with Crippen molar-refractivity contribution in [2.75, 3.05) is 13.7 Å². The smallest absolute Gasteiger partial charge is 0.357 e. The van der Waals surface area contributed by atoms with Crippen LogP contribution in [-0.2, 0) is 4.74 Å². The van der Waals surface area contributed by atoms with Crippen molar-refractivity contribution in [2.24, 2.45) is 0 Å². The van der Waals surface area contributed by atoms with E-state index in [0.29, 0.717) is 29.1 Å². The highest BCUT2D eigenvalue weighted by Crippen LogP contribution is 2.24. The zero-order valence-corrected chi connectivity index (χ0v) is 12.6. The van der Waals surface area contributed by atoms with Gasteiger partial charge < -0.3 is 9.47 Å². The summed E-state index contributed by atoms with van der Waals surface area (Å²) in [5.41, 5.74) is 1.83. The SMILES string of the molecule is CC=C(C)c1nc(C(=O)OCC)c2ccc(OC)cc2n1. The van der Waals surface area contributed by atoms with E-state index in [1.54, 1.807) is 32.2 Å². The van der Waals surface area contributed by atoms with Crippen LogP contribution in [0, 0.1) is 0 Å². The number of fused-ring (bicyclic) bond motifs is 1. The predicted molar refractivity (Wildman–Crippen MR) is 81.4 cm³/mol. The van der Waals surface area contributed by atoms with Crippen LogP contribution in [0.4, 0.5) is 0 Å². The molecule has 1 heterocycles. The summed E-state index contributed by atoms with van der Waals surface area (Å²) in [4.78, 5) is 21.0. The Balaban J connectivity index is 2.71. The Morgan fingerprint density at radius 1 is 1.33 bits per heavy atom. The Morgan fingerprint density at radius 2 is 2.10 bits per heavy atom. The first-order chi connectivity index (χ1) is 10.1. The fourth-order valence-corrected chi connectivity index (χ4v) is 1.90. The van der Waals surface area contributed by atoms with Crippen molar-refractivity contribution < 1.29 is 14.3 Å². The molecule has 0 fully saturated rings. The van der Waals surface area contributed by atoms with E-state index < -0.39 is 5.97 Å². The van der Waals surface area contributed by atoms with Crippen LogP contribution in [0.25, 0.3) is 16.5 Å². The lowest BCUT2D eigenvalue weighted by Crippen LogP contribution is -2.10. The number of benzene rings is 1. The number of hydrogen-bond acceptors (Lipinski definition) is 5. The number of hydrogen-bond donors (Lipinski definition) is 0. The first kappa shape index (κ1) is 15.0. The van der Waals surface area contributed by atoms with Crippen molar-refractivity contribution in [2.45, 2.75) is 20.8 Å². The van der Waals surface area contributed by atoms with Crippen LogP contribution in [0.5, 0.6) is 5.75 Å². The zero-order chi connectivity index (χ0) is 15.4. The molecule has 0 atom stereocenters. The van der Waals surface area contributed by atoms with Crippen LogP contribution >= 0.6 is 0 Å². The summed E-state index contributed by atoms with van der Waals surface area (Å²) < 4.78 is 10.3. The molecule has 0 N–H and O–H groups in total. The molecule has 0 saturated heterocycles. The number of allylic oxidation sites excluding steroid dienone is 2. The second-order valence-electron chi connectivity index (χ2n) is 4.47. The third-order valence-electron chi connectivity index (χ3n) is 3.16. The minimum absolute atomic E-state index is 0.278. The van der Waals surface area contributed by atoms with Gasteiger partial charge in [-0.1, -0.05) is 6.08 Å². The zero-order valence-electron chi connectivity index (χ0n) is 12.6. The van der Waals surface area contributed by atoms with E-state index >= 15 is 0 Å². The van der Waals surface area contributed by atoms with E-state index in [2.05, 4.69) is 9.97 Å². The Hall–Kier alpha value is -2.43. The molecule has 1 aromatic heterocycles. The second-order valence-corrected chi connectivity index (χ2v) is 4.47. The Labute approximate surface area is 123 Å². The topological polar surface area (TPSA) is 61.3 Å². The summed E-state index contributed by atoms with van der Waals surface area (Å²) in [6, 6.07) is 5.33. The maximum absolute atomic E-state index is 12.1. The van der Waals surface area contributed by atoms with Gasteiger partial charge in [0.25, 0.3) is 0 Å². The summed E-state index contributed by atoms with van der Waals surface area (Å²) in [6.45, 7) is 5.87. The van der Waals surface area contributed by atoms with Gasteiger partial charge in [0.2, 0.25) is 0 Å². The quantitative estimate of drug-likeness (QED) is 0.807. The highest BCUT2D eigenvalue weighted by atomic mass is 16.5. The molecular weight excluding hydrogens is 268 g/mol. The molecule has 110 valence electrons. The number of aromatic nitrogens is 2. The van der Waals surface area contributed by atoms with Crippen molar-refractivity contribution in [1.82, 2.24) is 9.97 Å². The van der Waals surface area contributed by atoms with Gasteiger partial charge in [-0.05, 0) is 38.5 Å². The highest BCUT2D eigenvalue weighted by Gasteiger charge is 2.17. The van der Waals surface area contributed by atoms with Crippen molar-refractivity contribution in [3.63, 3.8) is 0 Å². The molecule has 0 bridgehead atoms. The molecule has 0 aliphatic heterocycles. The minimum Gasteiger partial charge on any atom is -0.497 e. The van der Waals surface area contributed by atoms with Crippen molar-refractivity contribution in [1.29, 1.82) is 0 Å². The van der Waals surface area contributed by atoms with E-state index in [-0.39, 0.29) is 5.69 Å². The lowest BCUT2D eigenvalue weighted by atomic mass is 10.1. The number of methoxy groups -OCH3 is 1. The van der Waals surface area contributed by atoms with Gasteiger partial charge in [0.15, 0.2) is 11.5 Å². The fraction of sp³-hybridized carbons (Fsp3) is 0.312. The Bertz CT molecular complexity index is 708. The Morgan fingerprint density at radius 3 is 2.71 bits per heavy atom. The van der Waals surface area contributed by atoms with Gasteiger partial charge in [-0.2, -0.15) is 0 Å². The van der Waals surface area contributed by atoms with Crippen molar-refractivity contribution in [3.8, 4) is 5.75 Å². The molecule has 5 nitrogen and oxygen atoms in total. The molecule has 0 amide bonds. The maximum Gasteiger partial charge on any atom is 0.357 e. The number of carbonyl (C=O) groups excluding carboxylic acids is 1. The van der Waals surface area contributed by atoms with Crippen LogP contribution < -0.4 is 4.74 Å². The van der Waals surface area contributed by atoms with Crippen LogP contribution in [0.15, 0.2) is 24.3 Å². The first-order valence-electron chi connectivity index (χ1n) is 6.76. The molecule has 0 aliphatic carbocycles. The van der Waals surface area contributed by atoms with Crippen LogP contribution in [0.1, 0.15) is 37.1 Å². The van der Waals surface area contributed by atoms with Crippen molar-refractivity contribution >= 4 is 22.4 Å². The minimum atomic E-state index is -0.444. The number of nitrogens with zero attached hydrogens (tertiary/aromatic N) is 2. The summed E-state index contributed by atoms with van der Waals surface area (Å²) in [7, 11) is 1.59. The van der Waals surface area contributed by atoms with Gasteiger partial charge in [-0.3, -0.25) is 0 Å². The summed E-state index contributed by atoms with van der Waals surface area (Å²) in [5.74, 6) is 0.751. The molecule has 1 aromatic carbocycles. The van der Waals surface area contributed by atoms with E-state index in [1.807, 2.05) is 19.9 Å². The van der Waals surface area contributed by atoms with E-state index in [1.165, 1.54) is 0 Å². The van der Waals surface area contributed by atoms with Gasteiger partial charge in [-0.25, -0.2) is 14.8 Å². The maximum atomic E-state index is 12.1. The number of ether oxygens (including phenoxy) is 2. The monoisotopic (exact) mass is 286 g/mol. The average Bonchev–Trinajstić information content (AvgIpc) is 2.52. The van der Waals surface area contributed by atoms with Gasteiger partial charge in [-0.15, -0.1) is 0 Å². The lowest BCUT2D eigenvalue weighted by Gasteiger charge is -2.09. The molecular formula is C16H18N2O3. The first-order valence-corrected chi connectivity index (χ1v) is 6.76. The van der Waals surface area contributed by atoms with Gasteiger partial charge in [0.1, 0.15) is 5.75 Å². The van der Waals surface area contributed by atoms with Gasteiger partial charge in [0.05, 0.1) is 19.2 Å². The molecule has 2 aromatic rings. The number of rotatable bonds is 4. The largest absolute Gasteiger partial charge is 0.497 e. The number of esters is 1. The second kappa shape index (κ2) is 6.35. The third kappa shape index (κ3) is 3.02. The molecule has 5 heteroatoms. The van der Waals surface area contributed by atoms with E-state index in [4.69, 9.17) is 9.47 Å². The molecule has 0 radical (unpaired) electrons. The average molecular weight is 286 g/mol. The van der Waals surface area contributed by atoms with Gasteiger partial charge >= 0.3 is 5.97 Å². The van der Waals surface area contributed by atoms with E-state index in [9.17, 15) is 4.79 Å². The van der Waals surface area contributed by atoms with Crippen LogP contribution in [0.2, 0.25) is 0 Å². The molecule has 0 saturated carbocycles. The lowest BCUT2D eigenvalue weighted by molar-refractivity contribution is 0.0522. The van der Waals surface area contributed by atoms with Crippen LogP contribution in [-0.4, -0.2) is 29.7 Å². The highest BCUT2D eigenvalue weighted by molar-refractivity contribution is 6.02. The fourth-order valence-electron chi connectivity index (χ4n) is 1.90. The standard InChI is InChI=1S/C16H18N2O3/c1-5-10(3)15-17-13-9-11(20-4)7-8-12(13)14(18-15)16(19)21-6-2/h5,7-9H,6H2,1-4H3. The molecule has 0 spiro atoms. The molecule has 0 aliphatic rings. The van der Waals surface area contributed by atoms with Crippen LogP contribution in [0.3, 0.4) is 0 Å². The summed E-state index contributed by atoms with van der Waals surface area (Å²) >= 11 is 0. The van der Waals surface area contributed by atoms with E-state index in [0.717, 1.165) is 5.57 Å². The third-order valence-corrected chi connectivity index (χ3v) is 3.16.